The van der Waals surface area contributed by atoms with Gasteiger partial charge in [0, 0.05) is 0 Å². The molecule has 0 amide bonds. The van der Waals surface area contributed by atoms with Gasteiger partial charge >= 0.3 is 0 Å². The normalized spacial score (nSPS) is 18.5. The first-order valence-corrected chi connectivity index (χ1v) is 12.5. The van der Waals surface area contributed by atoms with Crippen LogP contribution in [0, 0.1) is 23.2 Å². The Balaban J connectivity index is 1.28. The van der Waals surface area contributed by atoms with Crippen LogP contribution in [0.15, 0.2) is 48.5 Å². The monoisotopic (exact) mass is 417 g/mol. The topological polar surface area (TPSA) is 33.0 Å². The van der Waals surface area contributed by atoms with E-state index in [9.17, 15) is 0 Å². The van der Waals surface area contributed by atoms with Crippen molar-refractivity contribution < 1.29 is 4.74 Å². The van der Waals surface area contributed by atoms with Crippen LogP contribution in [0.2, 0.25) is 0 Å². The molecular weight excluding hydrogens is 378 g/mol. The van der Waals surface area contributed by atoms with Crippen LogP contribution in [-0.4, -0.2) is 6.61 Å². The molecule has 1 aliphatic carbocycles. The van der Waals surface area contributed by atoms with Gasteiger partial charge in [-0.15, -0.1) is 0 Å². The number of benzene rings is 2. The molecule has 0 unspecified atom stereocenters. The number of nitrogens with zero attached hydrogens (tertiary/aromatic N) is 1. The molecule has 2 aromatic carbocycles. The first kappa shape index (κ1) is 23.4. The number of rotatable bonds is 12. The van der Waals surface area contributed by atoms with E-state index in [2.05, 4.69) is 37.3 Å². The summed E-state index contributed by atoms with van der Waals surface area (Å²) in [5, 5.41) is 8.92. The summed E-state index contributed by atoms with van der Waals surface area (Å²) in [5.74, 6) is 2.87. The summed E-state index contributed by atoms with van der Waals surface area (Å²) in [6, 6.07) is 18.2. The summed E-state index contributed by atoms with van der Waals surface area (Å²) in [6.07, 6.45) is 16.8. The van der Waals surface area contributed by atoms with Crippen LogP contribution in [0.1, 0.15) is 89.5 Å². The molecule has 166 valence electrons. The maximum Gasteiger partial charge on any atom is 0.119 e. The Morgan fingerprint density at radius 1 is 0.742 bits per heavy atom. The highest BCUT2D eigenvalue weighted by Gasteiger charge is 2.20. The van der Waals surface area contributed by atoms with E-state index in [1.807, 2.05) is 24.3 Å². The van der Waals surface area contributed by atoms with Crippen LogP contribution in [0.4, 0.5) is 0 Å². The van der Waals surface area contributed by atoms with Gasteiger partial charge in [0.2, 0.25) is 0 Å². The Morgan fingerprint density at radius 3 is 1.87 bits per heavy atom. The van der Waals surface area contributed by atoms with Crippen molar-refractivity contribution in [3.8, 4) is 22.9 Å². The zero-order chi connectivity index (χ0) is 21.7. The van der Waals surface area contributed by atoms with Gasteiger partial charge in [0.15, 0.2) is 0 Å². The molecule has 2 heteroatoms. The first-order chi connectivity index (χ1) is 15.3. The van der Waals surface area contributed by atoms with Crippen LogP contribution in [0.25, 0.3) is 11.1 Å². The van der Waals surface area contributed by atoms with E-state index in [0.717, 1.165) is 41.7 Å². The Labute approximate surface area is 189 Å². The van der Waals surface area contributed by atoms with Crippen molar-refractivity contribution in [1.82, 2.24) is 0 Å². The minimum Gasteiger partial charge on any atom is -0.494 e. The standard InChI is InChI=1S/C29H39NO/c1-2-3-4-5-6-8-24-10-12-25(13-11-24)9-7-22-31-29-20-18-28(19-21-29)27-16-14-26(23-30)15-17-27/h14-21,24-25H,2-13,22H2,1H3. The second kappa shape index (κ2) is 13.2. The van der Waals surface area contributed by atoms with Crippen molar-refractivity contribution in [3.63, 3.8) is 0 Å². The van der Waals surface area contributed by atoms with Crippen molar-refractivity contribution in [2.45, 2.75) is 84.0 Å². The molecule has 0 spiro atoms. The highest BCUT2D eigenvalue weighted by molar-refractivity contribution is 5.64. The molecule has 0 aliphatic heterocycles. The van der Waals surface area contributed by atoms with Crippen LogP contribution in [0.3, 0.4) is 0 Å². The zero-order valence-electron chi connectivity index (χ0n) is 19.3. The molecule has 1 aliphatic rings. The molecule has 1 saturated carbocycles. The van der Waals surface area contributed by atoms with Crippen molar-refractivity contribution in [1.29, 1.82) is 5.26 Å². The SMILES string of the molecule is CCCCCCCC1CCC(CCCOc2ccc(-c3ccc(C#N)cc3)cc2)CC1. The quantitative estimate of drug-likeness (QED) is 0.324. The van der Waals surface area contributed by atoms with Gasteiger partial charge in [-0.1, -0.05) is 95.4 Å². The second-order valence-corrected chi connectivity index (χ2v) is 9.29. The van der Waals surface area contributed by atoms with Crippen molar-refractivity contribution in [3.05, 3.63) is 54.1 Å². The molecule has 0 radical (unpaired) electrons. The van der Waals surface area contributed by atoms with E-state index in [1.165, 1.54) is 70.6 Å². The predicted octanol–water partition coefficient (Wildman–Crippen LogP) is 8.55. The Bertz CT molecular complexity index is 779. The molecule has 2 nitrogen and oxygen atoms in total. The third-order valence-electron chi connectivity index (χ3n) is 6.91. The summed E-state index contributed by atoms with van der Waals surface area (Å²) in [4.78, 5) is 0. The minimum absolute atomic E-state index is 0.694. The molecule has 1 fully saturated rings. The Morgan fingerprint density at radius 2 is 1.29 bits per heavy atom. The number of hydrogen-bond acceptors (Lipinski definition) is 2. The van der Waals surface area contributed by atoms with Crippen LogP contribution >= 0.6 is 0 Å². The summed E-state index contributed by atoms with van der Waals surface area (Å²) in [7, 11) is 0. The van der Waals surface area contributed by atoms with E-state index in [4.69, 9.17) is 10.00 Å². The molecule has 0 heterocycles. The number of hydrogen-bond donors (Lipinski definition) is 0. The second-order valence-electron chi connectivity index (χ2n) is 9.29. The van der Waals surface area contributed by atoms with Gasteiger partial charge in [-0.25, -0.2) is 0 Å². The lowest BCUT2D eigenvalue weighted by atomic mass is 9.78. The smallest absolute Gasteiger partial charge is 0.119 e. The van der Waals surface area contributed by atoms with Crippen LogP contribution in [-0.2, 0) is 0 Å². The number of nitriles is 1. The van der Waals surface area contributed by atoms with E-state index in [1.54, 1.807) is 0 Å². The van der Waals surface area contributed by atoms with Crippen molar-refractivity contribution in [2.24, 2.45) is 11.8 Å². The molecule has 0 saturated heterocycles. The highest BCUT2D eigenvalue weighted by Crippen LogP contribution is 2.34. The lowest BCUT2D eigenvalue weighted by Gasteiger charge is -2.28. The summed E-state index contributed by atoms with van der Waals surface area (Å²) < 4.78 is 5.99. The maximum atomic E-state index is 8.92. The number of unbranched alkanes of at least 4 members (excludes halogenated alkanes) is 4. The van der Waals surface area contributed by atoms with Crippen LogP contribution < -0.4 is 4.74 Å². The van der Waals surface area contributed by atoms with E-state index in [-0.39, 0.29) is 0 Å². The van der Waals surface area contributed by atoms with Gasteiger partial charge in [0.05, 0.1) is 18.2 Å². The van der Waals surface area contributed by atoms with E-state index in [0.29, 0.717) is 5.56 Å². The van der Waals surface area contributed by atoms with Crippen molar-refractivity contribution in [2.75, 3.05) is 6.61 Å². The maximum absolute atomic E-state index is 8.92. The molecule has 0 aromatic heterocycles. The Kier molecular flexibility index (Phi) is 9.97. The predicted molar refractivity (Wildman–Crippen MR) is 130 cm³/mol. The Hall–Kier alpha value is -2.27. The first-order valence-electron chi connectivity index (χ1n) is 12.5. The molecule has 0 atom stereocenters. The average Bonchev–Trinajstić information content (AvgIpc) is 2.83. The molecular formula is C29H39NO. The molecule has 0 bridgehead atoms. The molecule has 31 heavy (non-hydrogen) atoms. The average molecular weight is 418 g/mol. The van der Waals surface area contributed by atoms with Gasteiger partial charge in [-0.2, -0.15) is 5.26 Å². The van der Waals surface area contributed by atoms with Gasteiger partial charge in [0.1, 0.15) is 5.75 Å². The van der Waals surface area contributed by atoms with Crippen molar-refractivity contribution >= 4 is 0 Å². The van der Waals surface area contributed by atoms with E-state index >= 15 is 0 Å². The number of ether oxygens (including phenoxy) is 1. The summed E-state index contributed by atoms with van der Waals surface area (Å²) >= 11 is 0. The van der Waals surface area contributed by atoms with E-state index < -0.39 is 0 Å². The fourth-order valence-corrected chi connectivity index (χ4v) is 4.89. The zero-order valence-corrected chi connectivity index (χ0v) is 19.3. The van der Waals surface area contributed by atoms with Gasteiger partial charge in [-0.05, 0) is 60.1 Å². The van der Waals surface area contributed by atoms with Crippen LogP contribution in [0.5, 0.6) is 5.75 Å². The fourth-order valence-electron chi connectivity index (χ4n) is 4.89. The summed E-state index contributed by atoms with van der Waals surface area (Å²) in [5.41, 5.74) is 2.97. The summed E-state index contributed by atoms with van der Waals surface area (Å²) in [6.45, 7) is 3.11. The van der Waals surface area contributed by atoms with Gasteiger partial charge in [-0.3, -0.25) is 0 Å². The minimum atomic E-state index is 0.694. The molecule has 2 aromatic rings. The third kappa shape index (κ3) is 8.06. The van der Waals surface area contributed by atoms with Gasteiger partial charge in [0.25, 0.3) is 0 Å². The lowest BCUT2D eigenvalue weighted by Crippen LogP contribution is -2.15. The third-order valence-corrected chi connectivity index (χ3v) is 6.91. The molecule has 0 N–H and O–H groups in total. The highest BCUT2D eigenvalue weighted by atomic mass is 16.5. The fraction of sp³-hybridized carbons (Fsp3) is 0.552. The van der Waals surface area contributed by atoms with Gasteiger partial charge < -0.3 is 4.74 Å². The lowest BCUT2D eigenvalue weighted by molar-refractivity contribution is 0.228. The largest absolute Gasteiger partial charge is 0.494 e. The molecule has 3 rings (SSSR count).